The lowest BCUT2D eigenvalue weighted by Gasteiger charge is -2.10. The normalized spacial score (nSPS) is 9.92. The van der Waals surface area contributed by atoms with Crippen molar-refractivity contribution < 1.29 is 14.5 Å². The molecule has 8 heteroatoms. The second kappa shape index (κ2) is 9.33. The van der Waals surface area contributed by atoms with Crippen LogP contribution in [0.25, 0.3) is 0 Å². The van der Waals surface area contributed by atoms with E-state index in [-0.39, 0.29) is 17.4 Å². The molecule has 0 spiro atoms. The lowest BCUT2D eigenvalue weighted by molar-refractivity contribution is -0.384. The molecule has 0 heterocycles. The molecule has 130 valence electrons. The Hall–Kier alpha value is -3.00. The Morgan fingerprint density at radius 3 is 2.44 bits per heavy atom. The Morgan fingerprint density at radius 1 is 1.12 bits per heavy atom. The zero-order valence-electron chi connectivity index (χ0n) is 13.3. The van der Waals surface area contributed by atoms with Crippen molar-refractivity contribution in [2.75, 3.05) is 13.2 Å². The van der Waals surface area contributed by atoms with E-state index in [1.807, 2.05) is 30.3 Å². The zero-order chi connectivity index (χ0) is 18.1. The summed E-state index contributed by atoms with van der Waals surface area (Å²) >= 11 is 5.05. The fourth-order valence-electron chi connectivity index (χ4n) is 1.98. The van der Waals surface area contributed by atoms with E-state index in [0.717, 1.165) is 6.42 Å². The minimum atomic E-state index is -0.504. The molecule has 0 aliphatic rings. The summed E-state index contributed by atoms with van der Waals surface area (Å²) in [7, 11) is 0. The van der Waals surface area contributed by atoms with Gasteiger partial charge >= 0.3 is 0 Å². The van der Waals surface area contributed by atoms with Crippen LogP contribution >= 0.6 is 12.2 Å². The summed E-state index contributed by atoms with van der Waals surface area (Å²) in [6.07, 6.45) is 0.788. The first-order valence-electron chi connectivity index (χ1n) is 7.53. The van der Waals surface area contributed by atoms with Gasteiger partial charge in [-0.25, -0.2) is 0 Å². The molecule has 0 radical (unpaired) electrons. The van der Waals surface area contributed by atoms with Gasteiger partial charge in [-0.1, -0.05) is 30.3 Å². The molecule has 2 aromatic rings. The fraction of sp³-hybridized carbons (Fsp3) is 0.176. The Bertz CT molecular complexity index is 735. The number of nitrogens with zero attached hydrogens (tertiary/aromatic N) is 1. The summed E-state index contributed by atoms with van der Waals surface area (Å²) in [4.78, 5) is 21.8. The van der Waals surface area contributed by atoms with Gasteiger partial charge in [-0.05, 0) is 36.3 Å². The zero-order valence-corrected chi connectivity index (χ0v) is 14.1. The van der Waals surface area contributed by atoms with Gasteiger partial charge in [-0.2, -0.15) is 0 Å². The molecule has 0 aliphatic heterocycles. The van der Waals surface area contributed by atoms with Gasteiger partial charge in [-0.3, -0.25) is 14.9 Å². The molecule has 0 atom stereocenters. The molecule has 0 unspecified atom stereocenters. The minimum absolute atomic E-state index is 0.0411. The fourth-order valence-corrected chi connectivity index (χ4v) is 2.20. The Kier molecular flexibility index (Phi) is 6.85. The highest BCUT2D eigenvalue weighted by atomic mass is 32.1. The predicted octanol–water partition coefficient (Wildman–Crippen LogP) is 2.21. The highest BCUT2D eigenvalue weighted by molar-refractivity contribution is 7.80. The van der Waals surface area contributed by atoms with E-state index in [9.17, 15) is 14.9 Å². The van der Waals surface area contributed by atoms with Crippen LogP contribution in [0.2, 0.25) is 0 Å². The third-order valence-electron chi connectivity index (χ3n) is 3.21. The topological polar surface area (TPSA) is 93.5 Å². The van der Waals surface area contributed by atoms with Crippen LogP contribution in [0.3, 0.4) is 0 Å². The number of carbonyl (C=O) groups is 1. The number of thiocarbonyl (C=S) groups is 1. The molecular weight excluding hydrogens is 342 g/mol. The second-order valence-corrected chi connectivity index (χ2v) is 5.49. The van der Waals surface area contributed by atoms with Crippen molar-refractivity contribution in [1.82, 2.24) is 10.6 Å². The summed E-state index contributed by atoms with van der Waals surface area (Å²) in [5, 5.41) is 16.2. The second-order valence-electron chi connectivity index (χ2n) is 5.08. The molecule has 2 aromatic carbocycles. The molecule has 0 bridgehead atoms. The van der Waals surface area contributed by atoms with Crippen LogP contribution in [0, 0.1) is 10.1 Å². The van der Waals surface area contributed by atoms with Crippen molar-refractivity contribution in [2.45, 2.75) is 6.42 Å². The summed E-state index contributed by atoms with van der Waals surface area (Å²) < 4.78 is 5.26. The van der Waals surface area contributed by atoms with Crippen molar-refractivity contribution in [3.8, 4) is 5.75 Å². The summed E-state index contributed by atoms with van der Waals surface area (Å²) in [5.74, 6) is -0.0423. The highest BCUT2D eigenvalue weighted by Gasteiger charge is 2.08. The van der Waals surface area contributed by atoms with Crippen LogP contribution in [0.4, 0.5) is 5.69 Å². The first-order chi connectivity index (χ1) is 12.0. The molecular formula is C17H17N3O4S. The van der Waals surface area contributed by atoms with Crippen molar-refractivity contribution in [3.05, 3.63) is 70.3 Å². The number of hydrogen-bond donors (Lipinski definition) is 2. The number of hydrogen-bond acceptors (Lipinski definition) is 5. The molecule has 25 heavy (non-hydrogen) atoms. The van der Waals surface area contributed by atoms with E-state index in [1.165, 1.54) is 29.8 Å². The summed E-state index contributed by atoms with van der Waals surface area (Å²) in [6, 6.07) is 15.4. The number of nitro groups is 1. The van der Waals surface area contributed by atoms with Crippen molar-refractivity contribution in [3.63, 3.8) is 0 Å². The van der Waals surface area contributed by atoms with Crippen molar-refractivity contribution in [1.29, 1.82) is 0 Å². The van der Waals surface area contributed by atoms with Gasteiger partial charge in [-0.15, -0.1) is 0 Å². The number of amides is 1. The van der Waals surface area contributed by atoms with Gasteiger partial charge in [0.1, 0.15) is 5.75 Å². The van der Waals surface area contributed by atoms with E-state index in [4.69, 9.17) is 17.0 Å². The number of carbonyl (C=O) groups excluding carboxylic acids is 1. The predicted molar refractivity (Wildman–Crippen MR) is 97.5 cm³/mol. The molecule has 0 aromatic heterocycles. The smallest absolute Gasteiger partial charge is 0.269 e. The van der Waals surface area contributed by atoms with E-state index in [2.05, 4.69) is 10.6 Å². The van der Waals surface area contributed by atoms with E-state index < -0.39 is 10.8 Å². The van der Waals surface area contributed by atoms with Crippen LogP contribution < -0.4 is 15.4 Å². The first-order valence-corrected chi connectivity index (χ1v) is 7.94. The van der Waals surface area contributed by atoms with Gasteiger partial charge in [0.05, 0.1) is 4.92 Å². The largest absolute Gasteiger partial charge is 0.484 e. The monoisotopic (exact) mass is 359 g/mol. The van der Waals surface area contributed by atoms with E-state index in [0.29, 0.717) is 12.3 Å². The number of nitrogens with one attached hydrogen (secondary N) is 2. The van der Waals surface area contributed by atoms with Crippen LogP contribution in [0.1, 0.15) is 5.56 Å². The van der Waals surface area contributed by atoms with Gasteiger partial charge in [0.25, 0.3) is 11.6 Å². The maximum absolute atomic E-state index is 11.8. The van der Waals surface area contributed by atoms with Crippen molar-refractivity contribution >= 4 is 28.9 Å². The molecule has 7 nitrogen and oxygen atoms in total. The minimum Gasteiger partial charge on any atom is -0.484 e. The third-order valence-corrected chi connectivity index (χ3v) is 3.46. The Morgan fingerprint density at radius 2 is 1.80 bits per heavy atom. The number of nitro benzene ring substituents is 1. The highest BCUT2D eigenvalue weighted by Crippen LogP contribution is 2.16. The Labute approximate surface area is 150 Å². The standard InChI is InChI=1S/C17H17N3O4S/c21-16(12-24-15-8-6-14(7-9-15)20(22)23)19-17(25)18-11-10-13-4-2-1-3-5-13/h1-9H,10-12H2,(H2,18,19,21,25). The Balaban J connectivity index is 1.67. The number of rotatable bonds is 7. The number of ether oxygens (including phenoxy) is 1. The van der Waals surface area contributed by atoms with Gasteiger partial charge in [0, 0.05) is 18.7 Å². The molecule has 2 N–H and O–H groups in total. The average molecular weight is 359 g/mol. The van der Waals surface area contributed by atoms with E-state index >= 15 is 0 Å². The molecule has 0 fully saturated rings. The lowest BCUT2D eigenvalue weighted by atomic mass is 10.1. The van der Waals surface area contributed by atoms with Crippen LogP contribution in [-0.4, -0.2) is 29.1 Å². The van der Waals surface area contributed by atoms with E-state index in [1.54, 1.807) is 0 Å². The molecule has 1 amide bonds. The molecule has 0 saturated carbocycles. The average Bonchev–Trinajstić information content (AvgIpc) is 2.61. The van der Waals surface area contributed by atoms with Gasteiger partial charge in [0.15, 0.2) is 11.7 Å². The quantitative estimate of drug-likeness (QED) is 0.447. The van der Waals surface area contributed by atoms with Gasteiger partial charge in [0.2, 0.25) is 0 Å². The maximum Gasteiger partial charge on any atom is 0.269 e. The summed E-state index contributed by atoms with van der Waals surface area (Å²) in [6.45, 7) is 0.366. The maximum atomic E-state index is 11.8. The lowest BCUT2D eigenvalue weighted by Crippen LogP contribution is -2.42. The summed E-state index contributed by atoms with van der Waals surface area (Å²) in [5.41, 5.74) is 1.13. The first kappa shape index (κ1) is 18.3. The molecule has 0 aliphatic carbocycles. The van der Waals surface area contributed by atoms with Crippen LogP contribution in [-0.2, 0) is 11.2 Å². The number of non-ortho nitro benzene ring substituents is 1. The van der Waals surface area contributed by atoms with Crippen LogP contribution in [0.15, 0.2) is 54.6 Å². The number of benzene rings is 2. The molecule has 0 saturated heterocycles. The van der Waals surface area contributed by atoms with Crippen LogP contribution in [0.5, 0.6) is 5.75 Å². The molecule has 2 rings (SSSR count). The van der Waals surface area contributed by atoms with Gasteiger partial charge < -0.3 is 15.4 Å². The SMILES string of the molecule is O=C(COc1ccc([N+](=O)[O-])cc1)NC(=S)NCCc1ccccc1. The van der Waals surface area contributed by atoms with Crippen molar-refractivity contribution in [2.24, 2.45) is 0 Å². The third kappa shape index (κ3) is 6.56.